The number of rotatable bonds is 4. The van der Waals surface area contributed by atoms with Crippen LogP contribution >= 0.6 is 22.9 Å². The molecule has 0 radical (unpaired) electrons. The molecule has 1 amide bonds. The molecule has 6 nitrogen and oxygen atoms in total. The molecule has 3 aromatic rings. The van der Waals surface area contributed by atoms with Gasteiger partial charge in [0.2, 0.25) is 5.91 Å². The number of fused-ring (bicyclic) bond motifs is 1. The van der Waals surface area contributed by atoms with Gasteiger partial charge in [-0.1, -0.05) is 41.1 Å². The molecule has 0 saturated heterocycles. The smallest absolute Gasteiger partial charge is 0.324 e. The van der Waals surface area contributed by atoms with Gasteiger partial charge in [0.1, 0.15) is 0 Å². The molecule has 28 heavy (non-hydrogen) atoms. The van der Waals surface area contributed by atoms with Crippen molar-refractivity contribution in [2.24, 2.45) is 0 Å². The number of carbonyl (C=O) groups excluding carboxylic acids is 1. The molecule has 0 spiro atoms. The number of nitrogens with one attached hydrogen (secondary N) is 1. The van der Waals surface area contributed by atoms with E-state index in [0.717, 1.165) is 34.2 Å². The zero-order chi connectivity index (χ0) is 19.7. The Balaban J connectivity index is 1.45. The Morgan fingerprint density at radius 3 is 2.89 bits per heavy atom. The summed E-state index contributed by atoms with van der Waals surface area (Å²) >= 11 is 7.28. The molecule has 1 aliphatic rings. The Hall–Kier alpha value is -2.90. The van der Waals surface area contributed by atoms with Crippen LogP contribution in [0.5, 0.6) is 0 Å². The Bertz CT molecular complexity index is 1130. The lowest BCUT2D eigenvalue weighted by Crippen LogP contribution is -2.33. The van der Waals surface area contributed by atoms with Crippen LogP contribution in [0.3, 0.4) is 0 Å². The third-order valence-corrected chi connectivity index (χ3v) is 6.03. The highest BCUT2D eigenvalue weighted by Crippen LogP contribution is 2.32. The summed E-state index contributed by atoms with van der Waals surface area (Å²) in [6, 6.07) is 8.91. The van der Waals surface area contributed by atoms with E-state index in [1.165, 1.54) is 17.7 Å². The molecule has 0 bridgehead atoms. The second kappa shape index (κ2) is 7.61. The second-order valence-corrected chi connectivity index (χ2v) is 7.90. The standard InChI is InChI=1S/C20H16ClN3O3S/c21-17-3-1-2-15-16(12-22-20(15)17)13-8-10-23(11-9-13)18(25)6-4-14-5-7-19(28-14)24(26)27/h1-8,12,22H,9-11H2/b6-4+. The van der Waals surface area contributed by atoms with E-state index < -0.39 is 4.92 Å². The molecule has 0 unspecified atom stereocenters. The molecule has 1 N–H and O–H groups in total. The van der Waals surface area contributed by atoms with E-state index >= 15 is 0 Å². The van der Waals surface area contributed by atoms with Gasteiger partial charge in [-0.25, -0.2) is 0 Å². The summed E-state index contributed by atoms with van der Waals surface area (Å²) in [6.07, 6.45) is 7.88. The first-order chi connectivity index (χ1) is 13.5. The number of aromatic amines is 1. The van der Waals surface area contributed by atoms with Gasteiger partial charge in [-0.2, -0.15) is 0 Å². The minimum Gasteiger partial charge on any atom is -0.359 e. The van der Waals surface area contributed by atoms with Crippen molar-refractivity contribution < 1.29 is 9.72 Å². The number of nitrogens with zero attached hydrogens (tertiary/aromatic N) is 2. The Labute approximate surface area is 169 Å². The van der Waals surface area contributed by atoms with Crippen molar-refractivity contribution in [3.05, 3.63) is 74.3 Å². The number of hydrogen-bond donors (Lipinski definition) is 1. The SMILES string of the molecule is O=C(/C=C/c1ccc([N+](=O)[O-])s1)N1CC=C(c2c[nH]c3c(Cl)cccc23)CC1. The molecular formula is C20H16ClN3O3S. The number of benzene rings is 1. The zero-order valence-corrected chi connectivity index (χ0v) is 16.3. The fourth-order valence-electron chi connectivity index (χ4n) is 3.29. The molecule has 0 fully saturated rings. The van der Waals surface area contributed by atoms with Crippen LogP contribution in [0, 0.1) is 10.1 Å². The number of hydrogen-bond acceptors (Lipinski definition) is 4. The predicted molar refractivity (Wildman–Crippen MR) is 112 cm³/mol. The summed E-state index contributed by atoms with van der Waals surface area (Å²) in [6.45, 7) is 1.14. The molecule has 3 heterocycles. The first kappa shape index (κ1) is 18.5. The fourth-order valence-corrected chi connectivity index (χ4v) is 4.24. The van der Waals surface area contributed by atoms with Gasteiger partial charge in [0.15, 0.2) is 0 Å². The summed E-state index contributed by atoms with van der Waals surface area (Å²) < 4.78 is 0. The highest BCUT2D eigenvalue weighted by molar-refractivity contribution is 7.16. The van der Waals surface area contributed by atoms with Gasteiger partial charge in [-0.3, -0.25) is 14.9 Å². The molecule has 0 aliphatic carbocycles. The van der Waals surface area contributed by atoms with E-state index in [-0.39, 0.29) is 10.9 Å². The molecule has 1 aliphatic heterocycles. The van der Waals surface area contributed by atoms with Gasteiger partial charge in [-0.15, -0.1) is 0 Å². The van der Waals surface area contributed by atoms with E-state index in [2.05, 4.69) is 11.1 Å². The Morgan fingerprint density at radius 2 is 2.18 bits per heavy atom. The summed E-state index contributed by atoms with van der Waals surface area (Å²) in [5, 5.41) is 12.6. The molecular weight excluding hydrogens is 398 g/mol. The minimum absolute atomic E-state index is 0.0662. The maximum atomic E-state index is 12.4. The predicted octanol–water partition coefficient (Wildman–Crippen LogP) is 5.12. The van der Waals surface area contributed by atoms with Crippen molar-refractivity contribution in [2.45, 2.75) is 6.42 Å². The number of carbonyl (C=O) groups is 1. The lowest BCUT2D eigenvalue weighted by Gasteiger charge is -2.25. The van der Waals surface area contributed by atoms with Crippen LogP contribution in [-0.2, 0) is 4.79 Å². The van der Waals surface area contributed by atoms with Crippen molar-refractivity contribution in [1.82, 2.24) is 9.88 Å². The molecule has 8 heteroatoms. The molecule has 1 aromatic carbocycles. The molecule has 2 aromatic heterocycles. The van der Waals surface area contributed by atoms with E-state index in [1.807, 2.05) is 24.4 Å². The molecule has 142 valence electrons. The highest BCUT2D eigenvalue weighted by atomic mass is 35.5. The number of halogens is 1. The average molecular weight is 414 g/mol. The minimum atomic E-state index is -0.432. The fraction of sp³-hybridized carbons (Fsp3) is 0.150. The molecule has 0 saturated carbocycles. The van der Waals surface area contributed by atoms with Gasteiger partial charge >= 0.3 is 5.00 Å². The second-order valence-electron chi connectivity index (χ2n) is 6.39. The van der Waals surface area contributed by atoms with E-state index in [0.29, 0.717) is 23.0 Å². The van der Waals surface area contributed by atoms with E-state index in [1.54, 1.807) is 17.0 Å². The topological polar surface area (TPSA) is 79.2 Å². The van der Waals surface area contributed by atoms with Crippen LogP contribution in [0.1, 0.15) is 16.9 Å². The van der Waals surface area contributed by atoms with Crippen molar-refractivity contribution in [3.63, 3.8) is 0 Å². The van der Waals surface area contributed by atoms with Crippen LogP contribution in [0.2, 0.25) is 5.02 Å². The van der Waals surface area contributed by atoms with Crippen molar-refractivity contribution in [2.75, 3.05) is 13.1 Å². The number of amides is 1. The molecule has 4 rings (SSSR count). The summed E-state index contributed by atoms with van der Waals surface area (Å²) in [4.78, 5) is 28.4. The Kier molecular flexibility index (Phi) is 5.02. The number of aromatic nitrogens is 1. The summed E-state index contributed by atoms with van der Waals surface area (Å²) in [5.74, 6) is -0.103. The first-order valence-corrected chi connectivity index (χ1v) is 9.88. The lowest BCUT2D eigenvalue weighted by molar-refractivity contribution is -0.380. The van der Waals surface area contributed by atoms with Crippen molar-refractivity contribution in [1.29, 1.82) is 0 Å². The number of thiophene rings is 1. The van der Waals surface area contributed by atoms with Gasteiger partial charge in [0, 0.05) is 47.3 Å². The van der Waals surface area contributed by atoms with E-state index in [9.17, 15) is 14.9 Å². The van der Waals surface area contributed by atoms with Gasteiger partial charge in [0.05, 0.1) is 15.5 Å². The van der Waals surface area contributed by atoms with Crippen LogP contribution in [0.15, 0.2) is 48.7 Å². The third-order valence-electron chi connectivity index (χ3n) is 4.71. The third kappa shape index (κ3) is 3.58. The number of nitro groups is 1. The normalized spacial score (nSPS) is 14.6. The number of para-hydroxylation sites is 1. The molecule has 0 atom stereocenters. The highest BCUT2D eigenvalue weighted by Gasteiger charge is 2.18. The summed E-state index contributed by atoms with van der Waals surface area (Å²) in [5.41, 5.74) is 3.23. The largest absolute Gasteiger partial charge is 0.359 e. The van der Waals surface area contributed by atoms with Crippen LogP contribution in [0.4, 0.5) is 5.00 Å². The maximum absolute atomic E-state index is 12.4. The zero-order valence-electron chi connectivity index (χ0n) is 14.7. The van der Waals surface area contributed by atoms with Crippen LogP contribution in [0.25, 0.3) is 22.6 Å². The average Bonchev–Trinajstić information content (AvgIpc) is 3.34. The lowest BCUT2D eigenvalue weighted by atomic mass is 9.99. The quantitative estimate of drug-likeness (QED) is 0.366. The Morgan fingerprint density at radius 1 is 1.32 bits per heavy atom. The number of H-pyrrole nitrogens is 1. The van der Waals surface area contributed by atoms with Crippen molar-refractivity contribution >= 4 is 56.4 Å². The van der Waals surface area contributed by atoms with Crippen molar-refractivity contribution in [3.8, 4) is 0 Å². The van der Waals surface area contributed by atoms with Crippen LogP contribution in [-0.4, -0.2) is 33.8 Å². The van der Waals surface area contributed by atoms with Gasteiger partial charge in [-0.05, 0) is 30.2 Å². The van der Waals surface area contributed by atoms with E-state index in [4.69, 9.17) is 11.6 Å². The monoisotopic (exact) mass is 413 g/mol. The first-order valence-electron chi connectivity index (χ1n) is 8.69. The van der Waals surface area contributed by atoms with Crippen LogP contribution < -0.4 is 0 Å². The van der Waals surface area contributed by atoms with Gasteiger partial charge < -0.3 is 9.88 Å². The maximum Gasteiger partial charge on any atom is 0.324 e. The van der Waals surface area contributed by atoms with Gasteiger partial charge in [0.25, 0.3) is 0 Å². The summed E-state index contributed by atoms with van der Waals surface area (Å²) in [7, 11) is 0.